The Morgan fingerprint density at radius 1 is 1.37 bits per heavy atom. The van der Waals surface area contributed by atoms with Gasteiger partial charge in [-0.3, -0.25) is 0 Å². The average molecular weight is 306 g/mol. The summed E-state index contributed by atoms with van der Waals surface area (Å²) in [5.41, 5.74) is 0.836. The molecule has 1 aliphatic rings. The number of hydrogen-bond acceptors (Lipinski definition) is 4. The molecule has 1 N–H and O–H groups in total. The van der Waals surface area contributed by atoms with Crippen LogP contribution in [0.1, 0.15) is 31.4 Å². The minimum atomic E-state index is 0. The lowest BCUT2D eigenvalue weighted by Crippen LogP contribution is -2.27. The summed E-state index contributed by atoms with van der Waals surface area (Å²) in [6.45, 7) is 4.91. The predicted octanol–water partition coefficient (Wildman–Crippen LogP) is 3.02. The van der Waals surface area contributed by atoms with E-state index in [9.17, 15) is 0 Å². The lowest BCUT2D eigenvalue weighted by Gasteiger charge is -2.22. The third kappa shape index (κ3) is 5.93. The van der Waals surface area contributed by atoms with E-state index in [0.29, 0.717) is 12.5 Å². The number of hydrogen-bond donors (Lipinski definition) is 1. The molecule has 0 unspecified atom stereocenters. The van der Waals surface area contributed by atoms with Crippen LogP contribution < -0.4 is 10.1 Å². The Balaban J connectivity index is 0.00000180. The number of piperidine rings is 1. The molecule has 0 aromatic carbocycles. The maximum atomic E-state index is 5.78. The standard InChI is InChI=1S/C13H20ClN3O.ClH/c1-10-9-12(17-13(14)16-10)18-8-2-3-11-4-6-15-7-5-11;/h9,11,15H,2-8H2,1H3;1H. The van der Waals surface area contributed by atoms with Crippen molar-refractivity contribution in [2.24, 2.45) is 5.92 Å². The van der Waals surface area contributed by atoms with Crippen molar-refractivity contribution in [1.29, 1.82) is 0 Å². The molecule has 0 aliphatic carbocycles. The molecule has 1 aliphatic heterocycles. The Morgan fingerprint density at radius 3 is 2.79 bits per heavy atom. The van der Waals surface area contributed by atoms with E-state index in [0.717, 1.165) is 31.1 Å². The Labute approximate surface area is 125 Å². The lowest BCUT2D eigenvalue weighted by molar-refractivity contribution is 0.266. The van der Waals surface area contributed by atoms with Crippen molar-refractivity contribution in [3.8, 4) is 5.88 Å². The van der Waals surface area contributed by atoms with E-state index in [1.165, 1.54) is 19.3 Å². The van der Waals surface area contributed by atoms with Gasteiger partial charge in [-0.05, 0) is 63.2 Å². The molecule has 0 saturated carbocycles. The summed E-state index contributed by atoms with van der Waals surface area (Å²) in [6, 6.07) is 1.82. The highest BCUT2D eigenvalue weighted by atomic mass is 35.5. The van der Waals surface area contributed by atoms with Crippen molar-refractivity contribution in [2.45, 2.75) is 32.6 Å². The van der Waals surface area contributed by atoms with Gasteiger partial charge in [0.15, 0.2) is 0 Å². The number of halogens is 2. The van der Waals surface area contributed by atoms with E-state index >= 15 is 0 Å². The van der Waals surface area contributed by atoms with Gasteiger partial charge in [0.1, 0.15) is 0 Å². The molecule has 1 aromatic rings. The van der Waals surface area contributed by atoms with Crippen LogP contribution in [0.5, 0.6) is 5.88 Å². The van der Waals surface area contributed by atoms with Crippen LogP contribution in [0.15, 0.2) is 6.07 Å². The van der Waals surface area contributed by atoms with Crippen LogP contribution in [0.25, 0.3) is 0 Å². The molecular formula is C13H21Cl2N3O. The van der Waals surface area contributed by atoms with E-state index in [1.54, 1.807) is 0 Å². The second-order valence-electron chi connectivity index (χ2n) is 4.80. The van der Waals surface area contributed by atoms with Gasteiger partial charge in [-0.1, -0.05) is 0 Å². The summed E-state index contributed by atoms with van der Waals surface area (Å²) in [5.74, 6) is 1.43. The largest absolute Gasteiger partial charge is 0.478 e. The summed E-state index contributed by atoms with van der Waals surface area (Å²) in [7, 11) is 0. The fourth-order valence-corrected chi connectivity index (χ4v) is 2.51. The van der Waals surface area contributed by atoms with Gasteiger partial charge in [-0.15, -0.1) is 12.4 Å². The average Bonchev–Trinajstić information content (AvgIpc) is 2.35. The highest BCUT2D eigenvalue weighted by Gasteiger charge is 2.12. The monoisotopic (exact) mass is 305 g/mol. The van der Waals surface area contributed by atoms with Crippen LogP contribution in [-0.2, 0) is 0 Å². The molecule has 1 saturated heterocycles. The summed E-state index contributed by atoms with van der Waals surface area (Å²) in [5, 5.41) is 3.63. The maximum absolute atomic E-state index is 5.78. The number of nitrogens with zero attached hydrogens (tertiary/aromatic N) is 2. The first-order valence-electron chi connectivity index (χ1n) is 6.59. The Morgan fingerprint density at radius 2 is 2.11 bits per heavy atom. The molecule has 2 heterocycles. The summed E-state index contributed by atoms with van der Waals surface area (Å²) in [6.07, 6.45) is 4.89. The summed E-state index contributed by atoms with van der Waals surface area (Å²) in [4.78, 5) is 8.04. The molecule has 0 spiro atoms. The van der Waals surface area contributed by atoms with Crippen molar-refractivity contribution < 1.29 is 4.74 Å². The molecule has 0 bridgehead atoms. The molecule has 19 heavy (non-hydrogen) atoms. The molecule has 0 amide bonds. The molecule has 1 fully saturated rings. The van der Waals surface area contributed by atoms with Crippen molar-refractivity contribution in [3.63, 3.8) is 0 Å². The second-order valence-corrected chi connectivity index (χ2v) is 5.14. The third-order valence-corrected chi connectivity index (χ3v) is 3.44. The van der Waals surface area contributed by atoms with Crippen molar-refractivity contribution in [2.75, 3.05) is 19.7 Å². The quantitative estimate of drug-likeness (QED) is 0.671. The van der Waals surface area contributed by atoms with Crippen LogP contribution in [0, 0.1) is 12.8 Å². The first-order valence-corrected chi connectivity index (χ1v) is 6.96. The van der Waals surface area contributed by atoms with Crippen molar-refractivity contribution in [3.05, 3.63) is 17.0 Å². The van der Waals surface area contributed by atoms with Gasteiger partial charge in [-0.2, -0.15) is 4.98 Å². The predicted molar refractivity (Wildman–Crippen MR) is 79.3 cm³/mol. The molecule has 0 atom stereocenters. The Kier molecular flexibility index (Phi) is 7.42. The first kappa shape index (κ1) is 16.5. The lowest BCUT2D eigenvalue weighted by atomic mass is 9.93. The van der Waals surface area contributed by atoms with E-state index in [-0.39, 0.29) is 17.7 Å². The number of ether oxygens (including phenoxy) is 1. The molecule has 4 nitrogen and oxygen atoms in total. The SMILES string of the molecule is Cc1cc(OCCCC2CCNCC2)nc(Cl)n1.Cl. The second kappa shape index (κ2) is 8.56. The molecule has 6 heteroatoms. The topological polar surface area (TPSA) is 47.0 Å². The number of aryl methyl sites for hydroxylation is 1. The minimum absolute atomic E-state index is 0. The molecule has 0 radical (unpaired) electrons. The van der Waals surface area contributed by atoms with E-state index in [2.05, 4.69) is 15.3 Å². The van der Waals surface area contributed by atoms with Gasteiger partial charge in [-0.25, -0.2) is 4.98 Å². The van der Waals surface area contributed by atoms with Crippen molar-refractivity contribution in [1.82, 2.24) is 15.3 Å². The van der Waals surface area contributed by atoms with E-state index in [1.807, 2.05) is 13.0 Å². The zero-order chi connectivity index (χ0) is 12.8. The summed E-state index contributed by atoms with van der Waals surface area (Å²) < 4.78 is 5.61. The van der Waals surface area contributed by atoms with Gasteiger partial charge in [0.2, 0.25) is 11.2 Å². The van der Waals surface area contributed by atoms with E-state index in [4.69, 9.17) is 16.3 Å². The van der Waals surface area contributed by atoms with Gasteiger partial charge in [0, 0.05) is 11.8 Å². The third-order valence-electron chi connectivity index (χ3n) is 3.27. The molecular weight excluding hydrogens is 285 g/mol. The van der Waals surface area contributed by atoms with Crippen LogP contribution in [0.3, 0.4) is 0 Å². The van der Waals surface area contributed by atoms with Gasteiger partial charge >= 0.3 is 0 Å². The zero-order valence-electron chi connectivity index (χ0n) is 11.2. The fraction of sp³-hybridized carbons (Fsp3) is 0.692. The van der Waals surface area contributed by atoms with Crippen LogP contribution in [0.2, 0.25) is 5.28 Å². The minimum Gasteiger partial charge on any atom is -0.478 e. The van der Waals surface area contributed by atoms with Gasteiger partial charge in [0.25, 0.3) is 0 Å². The fourth-order valence-electron chi connectivity index (χ4n) is 2.30. The summed E-state index contributed by atoms with van der Waals surface area (Å²) >= 11 is 5.78. The number of nitrogens with one attached hydrogen (secondary N) is 1. The number of rotatable bonds is 5. The number of aromatic nitrogens is 2. The van der Waals surface area contributed by atoms with Gasteiger partial charge < -0.3 is 10.1 Å². The van der Waals surface area contributed by atoms with Crippen LogP contribution >= 0.6 is 24.0 Å². The Hall–Kier alpha value is -0.580. The maximum Gasteiger partial charge on any atom is 0.225 e. The normalized spacial score (nSPS) is 15.9. The highest BCUT2D eigenvalue weighted by Crippen LogP contribution is 2.18. The van der Waals surface area contributed by atoms with Gasteiger partial charge in [0.05, 0.1) is 6.61 Å². The van der Waals surface area contributed by atoms with Crippen molar-refractivity contribution >= 4 is 24.0 Å². The first-order chi connectivity index (χ1) is 8.74. The smallest absolute Gasteiger partial charge is 0.225 e. The highest BCUT2D eigenvalue weighted by molar-refractivity contribution is 6.28. The molecule has 108 valence electrons. The van der Waals surface area contributed by atoms with Crippen LogP contribution in [-0.4, -0.2) is 29.7 Å². The van der Waals surface area contributed by atoms with E-state index < -0.39 is 0 Å². The zero-order valence-corrected chi connectivity index (χ0v) is 12.8. The molecule has 1 aromatic heterocycles. The molecule has 2 rings (SSSR count). The Bertz CT molecular complexity index is 364. The van der Waals surface area contributed by atoms with Crippen LogP contribution in [0.4, 0.5) is 0 Å².